The van der Waals surface area contributed by atoms with E-state index in [1.54, 1.807) is 0 Å². The maximum Gasteiger partial charge on any atom is 0.285 e. The second kappa shape index (κ2) is 3.53. The number of aromatic nitrogens is 2. The van der Waals surface area contributed by atoms with Crippen LogP contribution < -0.4 is 0 Å². The number of aromatic amines is 1. The van der Waals surface area contributed by atoms with Gasteiger partial charge in [-0.3, -0.25) is 0 Å². The van der Waals surface area contributed by atoms with Crippen LogP contribution >= 0.6 is 11.0 Å². The van der Waals surface area contributed by atoms with Crippen molar-refractivity contribution in [1.82, 2.24) is 9.97 Å². The summed E-state index contributed by atoms with van der Waals surface area (Å²) in [6.45, 7) is 0. The average molecular weight is 205 g/mol. The van der Waals surface area contributed by atoms with Gasteiger partial charge < -0.3 is 4.98 Å². The number of isocyanates is 1. The van der Waals surface area contributed by atoms with E-state index in [1.807, 2.05) is 0 Å². The van der Waals surface area contributed by atoms with E-state index < -0.39 is 8.87 Å². The Kier molecular flexibility index (Phi) is 2.64. The van der Waals surface area contributed by atoms with E-state index in [2.05, 4.69) is 14.4 Å². The molecule has 8 heteroatoms. The number of nitrogens with one attached hydrogen (secondary N) is 1. The maximum absolute atomic E-state index is 11.0. The van der Waals surface area contributed by atoms with Gasteiger partial charge in [-0.1, -0.05) is 0 Å². The Bertz CT molecular complexity index is 389. The third kappa shape index (κ3) is 1.94. The van der Waals surface area contributed by atoms with Crippen LogP contribution in [0.3, 0.4) is 0 Å². The van der Waals surface area contributed by atoms with Crippen LogP contribution in [-0.4, -0.2) is 24.5 Å². The van der Waals surface area contributed by atoms with Crippen molar-refractivity contribution >= 4 is 25.9 Å². The average Bonchev–Trinajstić information content (AvgIpc) is 2.53. The summed E-state index contributed by atoms with van der Waals surface area (Å²) in [5.41, 5.74) is 0. The van der Waals surface area contributed by atoms with Gasteiger partial charge in [-0.25, -0.2) is 18.2 Å². The number of hydrogen-bond donors (Lipinski definition) is 1. The Morgan fingerprint density at radius 1 is 1.67 bits per heavy atom. The predicted molar refractivity (Wildman–Crippen MR) is 41.5 cm³/mol. The summed E-state index contributed by atoms with van der Waals surface area (Å²) in [5.74, 6) is 0. The lowest BCUT2D eigenvalue weighted by molar-refractivity contribution is 0.566. The zero-order valence-corrected chi connectivity index (χ0v) is 7.22. The van der Waals surface area contributed by atoms with Crippen molar-refractivity contribution in [1.29, 1.82) is 0 Å². The van der Waals surface area contributed by atoms with Gasteiger partial charge in [0, 0.05) is 12.4 Å². The smallest absolute Gasteiger partial charge is 0.285 e. The summed E-state index contributed by atoms with van der Waals surface area (Å²) in [5, 5.41) is -0.230. The van der Waals surface area contributed by atoms with E-state index in [1.165, 1.54) is 12.4 Å². The van der Waals surface area contributed by atoms with Gasteiger partial charge in [0.15, 0.2) is 0 Å². The minimum Gasteiger partial charge on any atom is -0.335 e. The van der Waals surface area contributed by atoms with Gasteiger partial charge in [0.05, 0.1) is 0 Å². The van der Waals surface area contributed by atoms with Crippen LogP contribution in [0.4, 0.5) is 0 Å². The van der Waals surface area contributed by atoms with E-state index in [-0.39, 0.29) is 16.1 Å². The van der Waals surface area contributed by atoms with Crippen molar-refractivity contribution in [3.63, 3.8) is 0 Å². The number of nitrogens with zero attached hydrogens (tertiary/aromatic N) is 2. The molecule has 64 valence electrons. The third-order valence-corrected chi connectivity index (χ3v) is 3.21. The Balaban J connectivity index is 2.95. The molecule has 0 spiro atoms. The molecule has 0 bridgehead atoms. The van der Waals surface area contributed by atoms with Crippen LogP contribution in [0.15, 0.2) is 21.9 Å². The molecule has 1 heterocycles. The fourth-order valence-electron chi connectivity index (χ4n) is 0.487. The lowest BCUT2D eigenvalue weighted by atomic mass is 11.0. The van der Waals surface area contributed by atoms with Gasteiger partial charge in [-0.05, 0) is 0 Å². The topological polar surface area (TPSA) is 92.2 Å². The number of rotatable bonds is 3. The molecule has 1 aromatic rings. The summed E-state index contributed by atoms with van der Waals surface area (Å²) in [6, 6.07) is 0. The van der Waals surface area contributed by atoms with Crippen LogP contribution in [0.2, 0.25) is 0 Å². The molecule has 6 nitrogen and oxygen atoms in total. The fourth-order valence-corrected chi connectivity index (χ4v) is 1.96. The Hall–Kier alpha value is -1.11. The molecule has 1 aromatic heterocycles. The molecule has 1 rings (SSSR count). The minimum absolute atomic E-state index is 0.116. The highest BCUT2D eigenvalue weighted by atomic mass is 33.1. The van der Waals surface area contributed by atoms with Gasteiger partial charge >= 0.3 is 0 Å². The van der Waals surface area contributed by atoms with Crippen molar-refractivity contribution in [3.8, 4) is 0 Å². The van der Waals surface area contributed by atoms with Crippen LogP contribution in [0, 0.1) is 0 Å². The quantitative estimate of drug-likeness (QED) is 0.326. The van der Waals surface area contributed by atoms with E-state index in [0.717, 1.165) is 6.08 Å². The molecule has 0 radical (unpaired) electrons. The lowest BCUT2D eigenvalue weighted by Gasteiger charge is -1.90. The van der Waals surface area contributed by atoms with Crippen molar-refractivity contribution in [2.75, 3.05) is 0 Å². The highest BCUT2D eigenvalue weighted by Crippen LogP contribution is 2.19. The number of carbonyl (C=O) groups excluding carboxylic acids is 1. The highest BCUT2D eigenvalue weighted by Gasteiger charge is 2.17. The van der Waals surface area contributed by atoms with Crippen molar-refractivity contribution in [3.05, 3.63) is 12.4 Å². The first-order chi connectivity index (χ1) is 5.67. The van der Waals surface area contributed by atoms with Crippen molar-refractivity contribution < 1.29 is 13.2 Å². The molecule has 0 amide bonds. The standard InChI is InChI=1S/C4H3N3O3S2/c8-3-7-11-12(9,10)4-5-1-2-6-4/h1-2H,(H,5,6). The monoisotopic (exact) mass is 205 g/mol. The maximum atomic E-state index is 11.0. The lowest BCUT2D eigenvalue weighted by Crippen LogP contribution is -1.95. The summed E-state index contributed by atoms with van der Waals surface area (Å²) in [4.78, 5) is 15.5. The molecule has 0 aliphatic rings. The van der Waals surface area contributed by atoms with Gasteiger partial charge in [0.2, 0.25) is 11.2 Å². The van der Waals surface area contributed by atoms with E-state index in [0.29, 0.717) is 0 Å². The molecule has 0 fully saturated rings. The van der Waals surface area contributed by atoms with Crippen molar-refractivity contribution in [2.24, 2.45) is 4.40 Å². The summed E-state index contributed by atoms with van der Waals surface area (Å²) < 4.78 is 25.0. The largest absolute Gasteiger partial charge is 0.335 e. The van der Waals surface area contributed by atoms with Gasteiger partial charge in [0.25, 0.3) is 8.87 Å². The molecule has 0 aromatic carbocycles. The second-order valence-corrected chi connectivity index (χ2v) is 5.00. The molecule has 12 heavy (non-hydrogen) atoms. The first-order valence-electron chi connectivity index (χ1n) is 2.67. The zero-order valence-electron chi connectivity index (χ0n) is 5.59. The number of H-pyrrole nitrogens is 1. The first-order valence-corrected chi connectivity index (χ1v) is 5.44. The molecule has 1 N–H and O–H groups in total. The molecular weight excluding hydrogens is 202 g/mol. The molecule has 0 unspecified atom stereocenters. The molecule has 0 saturated carbocycles. The summed E-state index contributed by atoms with van der Waals surface area (Å²) in [6.07, 6.45) is 3.75. The summed E-state index contributed by atoms with van der Waals surface area (Å²) in [7, 11) is -3.54. The number of imidazole rings is 1. The first kappa shape index (κ1) is 8.98. The van der Waals surface area contributed by atoms with Gasteiger partial charge in [-0.15, -0.1) is 4.40 Å². The minimum atomic E-state index is -3.66. The van der Waals surface area contributed by atoms with Gasteiger partial charge in [0.1, 0.15) is 11.0 Å². The zero-order chi connectivity index (χ0) is 9.03. The molecule has 0 aliphatic heterocycles. The Morgan fingerprint density at radius 2 is 2.42 bits per heavy atom. The fraction of sp³-hybridized carbons (Fsp3) is 0. The molecular formula is C4H3N3O3S2. The number of hydrogen-bond acceptors (Lipinski definition) is 6. The highest BCUT2D eigenvalue weighted by molar-refractivity contribution is 8.71. The summed E-state index contributed by atoms with van der Waals surface area (Å²) >= 11 is 0. The molecule has 0 aliphatic carbocycles. The Labute approximate surface area is 71.6 Å². The van der Waals surface area contributed by atoms with Crippen LogP contribution in [0.25, 0.3) is 0 Å². The normalized spacial score (nSPS) is 10.7. The molecule has 0 saturated heterocycles. The molecule has 0 atom stereocenters. The van der Waals surface area contributed by atoms with Crippen LogP contribution in [0.1, 0.15) is 0 Å². The predicted octanol–water partition coefficient (Wildman–Crippen LogP) is 0.0824. The second-order valence-electron chi connectivity index (χ2n) is 1.61. The van der Waals surface area contributed by atoms with Crippen molar-refractivity contribution in [2.45, 2.75) is 5.16 Å². The van der Waals surface area contributed by atoms with Gasteiger partial charge in [-0.2, -0.15) is 0 Å². The van der Waals surface area contributed by atoms with Crippen LogP contribution in [-0.2, 0) is 13.7 Å². The Morgan fingerprint density at radius 3 is 2.92 bits per heavy atom. The third-order valence-electron chi connectivity index (χ3n) is 0.883. The van der Waals surface area contributed by atoms with E-state index >= 15 is 0 Å². The van der Waals surface area contributed by atoms with Crippen LogP contribution in [0.5, 0.6) is 0 Å². The van der Waals surface area contributed by atoms with E-state index in [9.17, 15) is 13.2 Å². The SMILES string of the molecule is O=C=NSS(=O)(=O)c1ncc[nH]1. The van der Waals surface area contributed by atoms with E-state index in [4.69, 9.17) is 0 Å².